The van der Waals surface area contributed by atoms with Crippen LogP contribution in [0.3, 0.4) is 0 Å². The van der Waals surface area contributed by atoms with Crippen molar-refractivity contribution in [1.82, 2.24) is 0 Å². The zero-order chi connectivity index (χ0) is 19.7. The van der Waals surface area contributed by atoms with Gasteiger partial charge in [0.2, 0.25) is 0 Å². The third-order valence-corrected chi connectivity index (χ3v) is 3.18. The number of ether oxygens (including phenoxy) is 3. The number of anilines is 2. The molecule has 0 aromatic heterocycles. The molecule has 0 saturated carbocycles. The summed E-state index contributed by atoms with van der Waals surface area (Å²) in [4.78, 5) is 24.3. The molecule has 0 saturated heterocycles. The summed E-state index contributed by atoms with van der Waals surface area (Å²) in [6, 6.07) is 4.91. The van der Waals surface area contributed by atoms with Crippen LogP contribution >= 0.6 is 0 Å². The van der Waals surface area contributed by atoms with E-state index in [9.17, 15) is 9.59 Å². The highest BCUT2D eigenvalue weighted by atomic mass is 16.6. The molecule has 0 fully saturated rings. The summed E-state index contributed by atoms with van der Waals surface area (Å²) >= 11 is 0. The monoisotopic (exact) mass is 364 g/mol. The molecule has 7 heteroatoms. The standard InChI is InChI=1S/C19H28N2O5/c1-7-8-11-25-13(2)17(22)20-16-12-14(24-6)9-10-15(16)21-18(23)26-19(3,4)5/h7,9-10,12-13H,1,8,11H2,2-6H3,(H,20,22)(H,21,23). The van der Waals surface area contributed by atoms with Crippen molar-refractivity contribution < 1.29 is 23.8 Å². The van der Waals surface area contributed by atoms with Gasteiger partial charge in [0.05, 0.1) is 25.1 Å². The molecule has 0 aliphatic carbocycles. The summed E-state index contributed by atoms with van der Waals surface area (Å²) in [5, 5.41) is 5.37. The van der Waals surface area contributed by atoms with Crippen LogP contribution in [0.1, 0.15) is 34.1 Å². The van der Waals surface area contributed by atoms with Gasteiger partial charge in [0.15, 0.2) is 0 Å². The van der Waals surface area contributed by atoms with E-state index >= 15 is 0 Å². The van der Waals surface area contributed by atoms with Crippen LogP contribution in [0.4, 0.5) is 16.2 Å². The molecule has 1 aromatic rings. The van der Waals surface area contributed by atoms with E-state index in [0.717, 1.165) is 0 Å². The van der Waals surface area contributed by atoms with Crippen LogP contribution in [-0.2, 0) is 14.3 Å². The van der Waals surface area contributed by atoms with Gasteiger partial charge in [-0.25, -0.2) is 4.79 Å². The van der Waals surface area contributed by atoms with E-state index in [4.69, 9.17) is 14.2 Å². The molecule has 0 spiro atoms. The summed E-state index contributed by atoms with van der Waals surface area (Å²) in [5.74, 6) is 0.199. The number of carbonyl (C=O) groups excluding carboxylic acids is 2. The van der Waals surface area contributed by atoms with Gasteiger partial charge >= 0.3 is 6.09 Å². The minimum absolute atomic E-state index is 0.338. The van der Waals surface area contributed by atoms with Gasteiger partial charge < -0.3 is 19.5 Å². The van der Waals surface area contributed by atoms with Crippen molar-refractivity contribution in [3.63, 3.8) is 0 Å². The molecule has 0 aliphatic rings. The summed E-state index contributed by atoms with van der Waals surface area (Å²) in [6.07, 6.45) is 1.10. The van der Waals surface area contributed by atoms with E-state index in [1.807, 2.05) is 0 Å². The molecule has 2 N–H and O–H groups in total. The van der Waals surface area contributed by atoms with Crippen LogP contribution in [0.2, 0.25) is 0 Å². The molecule has 7 nitrogen and oxygen atoms in total. The van der Waals surface area contributed by atoms with E-state index < -0.39 is 17.8 Å². The molecule has 26 heavy (non-hydrogen) atoms. The molecule has 2 amide bonds. The van der Waals surface area contributed by atoms with Gasteiger partial charge in [0.25, 0.3) is 5.91 Å². The normalized spacial score (nSPS) is 12.0. The number of hydrogen-bond acceptors (Lipinski definition) is 5. The molecule has 0 radical (unpaired) electrons. The summed E-state index contributed by atoms with van der Waals surface area (Å²) in [5.41, 5.74) is 0.152. The second-order valence-corrected chi connectivity index (χ2v) is 6.62. The van der Waals surface area contributed by atoms with Gasteiger partial charge in [-0.1, -0.05) is 6.08 Å². The molecule has 1 atom stereocenters. The highest BCUT2D eigenvalue weighted by Gasteiger charge is 2.19. The number of rotatable bonds is 8. The topological polar surface area (TPSA) is 85.9 Å². The zero-order valence-electron chi connectivity index (χ0n) is 16.0. The quantitative estimate of drug-likeness (QED) is 0.539. The van der Waals surface area contributed by atoms with Crippen molar-refractivity contribution in [3.8, 4) is 5.75 Å². The Labute approximate surface area is 154 Å². The molecule has 0 bridgehead atoms. The third kappa shape index (κ3) is 7.57. The van der Waals surface area contributed by atoms with Gasteiger partial charge in [-0.15, -0.1) is 6.58 Å². The van der Waals surface area contributed by atoms with Crippen LogP contribution in [0, 0.1) is 0 Å². The van der Waals surface area contributed by atoms with E-state index in [1.54, 1.807) is 52.0 Å². The smallest absolute Gasteiger partial charge is 0.412 e. The second kappa shape index (κ2) is 9.82. The summed E-state index contributed by atoms with van der Waals surface area (Å²) < 4.78 is 15.9. The van der Waals surface area contributed by atoms with Crippen molar-refractivity contribution in [2.75, 3.05) is 24.4 Å². The average Bonchev–Trinajstić information content (AvgIpc) is 2.54. The Balaban J connectivity index is 2.88. The van der Waals surface area contributed by atoms with Gasteiger partial charge in [-0.05, 0) is 46.2 Å². The number of carbonyl (C=O) groups is 2. The number of hydrogen-bond donors (Lipinski definition) is 2. The Hall–Kier alpha value is -2.54. The van der Waals surface area contributed by atoms with E-state index in [0.29, 0.717) is 30.2 Å². The number of nitrogens with one attached hydrogen (secondary N) is 2. The third-order valence-electron chi connectivity index (χ3n) is 3.18. The first kappa shape index (κ1) is 21.5. The van der Waals surface area contributed by atoms with Gasteiger partial charge in [-0.3, -0.25) is 10.1 Å². The first-order valence-corrected chi connectivity index (χ1v) is 8.37. The molecule has 0 heterocycles. The summed E-state index contributed by atoms with van der Waals surface area (Å²) in [7, 11) is 1.52. The van der Waals surface area contributed by atoms with Crippen LogP contribution in [0.15, 0.2) is 30.9 Å². The Morgan fingerprint density at radius 3 is 2.50 bits per heavy atom. The molecule has 144 valence electrons. The predicted molar refractivity (Wildman–Crippen MR) is 102 cm³/mol. The Morgan fingerprint density at radius 1 is 1.23 bits per heavy atom. The lowest BCUT2D eigenvalue weighted by Gasteiger charge is -2.21. The maximum absolute atomic E-state index is 12.3. The van der Waals surface area contributed by atoms with Crippen LogP contribution < -0.4 is 15.4 Å². The zero-order valence-corrected chi connectivity index (χ0v) is 16.0. The fourth-order valence-corrected chi connectivity index (χ4v) is 1.91. The van der Waals surface area contributed by atoms with Gasteiger partial charge in [0, 0.05) is 6.07 Å². The predicted octanol–water partition coefficient (Wildman–Crippen LogP) is 3.96. The minimum Gasteiger partial charge on any atom is -0.497 e. The van der Waals surface area contributed by atoms with Crippen LogP contribution in [-0.4, -0.2) is 37.4 Å². The van der Waals surface area contributed by atoms with Crippen LogP contribution in [0.25, 0.3) is 0 Å². The lowest BCUT2D eigenvalue weighted by atomic mass is 10.2. The Kier molecular flexibility index (Phi) is 8.12. The first-order valence-electron chi connectivity index (χ1n) is 8.37. The molecule has 1 unspecified atom stereocenters. The first-order chi connectivity index (χ1) is 12.2. The molecular formula is C19H28N2O5. The fraction of sp³-hybridized carbons (Fsp3) is 0.474. The van der Waals surface area contributed by atoms with Crippen LogP contribution in [0.5, 0.6) is 5.75 Å². The fourth-order valence-electron chi connectivity index (χ4n) is 1.91. The Bertz CT molecular complexity index is 637. The highest BCUT2D eigenvalue weighted by Crippen LogP contribution is 2.28. The lowest BCUT2D eigenvalue weighted by molar-refractivity contribution is -0.126. The number of methoxy groups -OCH3 is 1. The van der Waals surface area contributed by atoms with E-state index in [-0.39, 0.29) is 5.91 Å². The van der Waals surface area contributed by atoms with Crippen molar-refractivity contribution in [1.29, 1.82) is 0 Å². The molecule has 0 aliphatic heterocycles. The van der Waals surface area contributed by atoms with E-state index in [2.05, 4.69) is 17.2 Å². The molecular weight excluding hydrogens is 336 g/mol. The lowest BCUT2D eigenvalue weighted by Crippen LogP contribution is -2.30. The van der Waals surface area contributed by atoms with Crippen molar-refractivity contribution >= 4 is 23.4 Å². The number of benzene rings is 1. The van der Waals surface area contributed by atoms with Crippen molar-refractivity contribution in [3.05, 3.63) is 30.9 Å². The molecule has 1 aromatic carbocycles. The average molecular weight is 364 g/mol. The second-order valence-electron chi connectivity index (χ2n) is 6.62. The maximum atomic E-state index is 12.3. The van der Waals surface area contributed by atoms with E-state index in [1.165, 1.54) is 7.11 Å². The Morgan fingerprint density at radius 2 is 1.92 bits per heavy atom. The largest absolute Gasteiger partial charge is 0.497 e. The van der Waals surface area contributed by atoms with Crippen molar-refractivity contribution in [2.45, 2.75) is 45.8 Å². The maximum Gasteiger partial charge on any atom is 0.412 e. The summed E-state index contributed by atoms with van der Waals surface area (Å²) in [6.45, 7) is 11.0. The highest BCUT2D eigenvalue weighted by molar-refractivity contribution is 5.99. The molecule has 1 rings (SSSR count). The van der Waals surface area contributed by atoms with Crippen molar-refractivity contribution in [2.24, 2.45) is 0 Å². The number of amides is 2. The SMILES string of the molecule is C=CCCOC(C)C(=O)Nc1cc(OC)ccc1NC(=O)OC(C)(C)C. The van der Waals surface area contributed by atoms with Gasteiger partial charge in [0.1, 0.15) is 17.5 Å². The minimum atomic E-state index is -0.657. The van der Waals surface area contributed by atoms with Gasteiger partial charge in [-0.2, -0.15) is 0 Å².